The quantitative estimate of drug-likeness (QED) is 0.515. The second-order valence-electron chi connectivity index (χ2n) is 7.65. The summed E-state index contributed by atoms with van der Waals surface area (Å²) in [6.07, 6.45) is 1.11. The Morgan fingerprint density at radius 1 is 0.909 bits per heavy atom. The molecule has 33 heavy (non-hydrogen) atoms. The maximum atomic E-state index is 13.2. The number of benzene rings is 3. The first kappa shape index (κ1) is 24.1. The Balaban J connectivity index is 2.03. The largest absolute Gasteiger partial charge is 0.493 e. The molecule has 0 aliphatic rings. The normalized spacial score (nSPS) is 11.0. The van der Waals surface area contributed by atoms with Crippen LogP contribution in [0.25, 0.3) is 0 Å². The minimum absolute atomic E-state index is 0.0629. The Morgan fingerprint density at radius 2 is 1.52 bits per heavy atom. The lowest BCUT2D eigenvalue weighted by Crippen LogP contribution is -2.32. The van der Waals surface area contributed by atoms with E-state index in [0.29, 0.717) is 18.0 Å². The van der Waals surface area contributed by atoms with Crippen LogP contribution in [0.5, 0.6) is 11.5 Å². The van der Waals surface area contributed by atoms with E-state index in [0.717, 1.165) is 22.9 Å². The smallest absolute Gasteiger partial charge is 0.253 e. The summed E-state index contributed by atoms with van der Waals surface area (Å²) in [5, 5.41) is 2.88. The van der Waals surface area contributed by atoms with E-state index in [-0.39, 0.29) is 17.8 Å². The number of sulfonamides is 1. The lowest BCUT2D eigenvalue weighted by Gasteiger charge is -2.26. The highest BCUT2D eigenvalue weighted by Gasteiger charge is 2.26. The van der Waals surface area contributed by atoms with Crippen molar-refractivity contribution in [1.29, 1.82) is 0 Å². The molecule has 0 radical (unpaired) electrons. The molecule has 7 nitrogen and oxygen atoms in total. The number of amides is 1. The van der Waals surface area contributed by atoms with Crippen molar-refractivity contribution in [2.45, 2.75) is 20.0 Å². The molecule has 0 unspecified atom stereocenters. The average molecular weight is 469 g/mol. The zero-order chi connectivity index (χ0) is 24.0. The van der Waals surface area contributed by atoms with Gasteiger partial charge in [0.15, 0.2) is 11.5 Å². The molecule has 1 N–H and O–H groups in total. The van der Waals surface area contributed by atoms with Crippen LogP contribution < -0.4 is 19.1 Å². The molecule has 0 aromatic heterocycles. The van der Waals surface area contributed by atoms with Crippen molar-refractivity contribution in [3.8, 4) is 11.5 Å². The van der Waals surface area contributed by atoms with E-state index in [9.17, 15) is 13.2 Å². The average Bonchev–Trinajstić information content (AvgIpc) is 2.81. The summed E-state index contributed by atoms with van der Waals surface area (Å²) >= 11 is 0. The van der Waals surface area contributed by atoms with Crippen LogP contribution in [0.15, 0.2) is 66.7 Å². The Kier molecular flexibility index (Phi) is 7.60. The number of anilines is 1. The van der Waals surface area contributed by atoms with E-state index in [1.165, 1.54) is 30.7 Å². The van der Waals surface area contributed by atoms with Crippen molar-refractivity contribution in [2.24, 2.45) is 0 Å². The third-order valence-electron chi connectivity index (χ3n) is 5.16. The van der Waals surface area contributed by atoms with Gasteiger partial charge in [-0.3, -0.25) is 9.10 Å². The first-order valence-electron chi connectivity index (χ1n) is 10.3. The van der Waals surface area contributed by atoms with Gasteiger partial charge in [0.2, 0.25) is 10.0 Å². The molecule has 0 saturated heterocycles. The number of nitrogens with zero attached hydrogens (tertiary/aromatic N) is 1. The van der Waals surface area contributed by atoms with Crippen molar-refractivity contribution >= 4 is 21.6 Å². The fourth-order valence-corrected chi connectivity index (χ4v) is 4.26. The fourth-order valence-electron chi connectivity index (χ4n) is 3.37. The van der Waals surface area contributed by atoms with Gasteiger partial charge in [0.25, 0.3) is 5.91 Å². The molecule has 0 aliphatic heterocycles. The molecular weight excluding hydrogens is 440 g/mol. The van der Waals surface area contributed by atoms with Crippen LogP contribution in [0.4, 0.5) is 5.69 Å². The highest BCUT2D eigenvalue weighted by atomic mass is 32.2. The van der Waals surface area contributed by atoms with Gasteiger partial charge >= 0.3 is 0 Å². The standard InChI is InChI=1S/C25H28N2O5S/c1-18-10-12-19(13-11-18)16-26-25(28)21-14-23(31-2)24(32-3)15-22(21)27(33(4,29)30)17-20-8-6-5-7-9-20/h5-15H,16-17H2,1-4H3,(H,26,28). The molecule has 3 aromatic carbocycles. The first-order chi connectivity index (χ1) is 15.7. The van der Waals surface area contributed by atoms with Crippen LogP contribution in [-0.4, -0.2) is 34.8 Å². The second kappa shape index (κ2) is 10.4. The topological polar surface area (TPSA) is 84.9 Å². The predicted molar refractivity (Wildman–Crippen MR) is 129 cm³/mol. The summed E-state index contributed by atoms with van der Waals surface area (Å²) in [4.78, 5) is 13.2. The molecule has 0 bridgehead atoms. The van der Waals surface area contributed by atoms with Crippen molar-refractivity contribution in [3.63, 3.8) is 0 Å². The van der Waals surface area contributed by atoms with Gasteiger partial charge in [0, 0.05) is 12.6 Å². The molecule has 3 rings (SSSR count). The van der Waals surface area contributed by atoms with Gasteiger partial charge in [-0.1, -0.05) is 60.2 Å². The van der Waals surface area contributed by atoms with Gasteiger partial charge < -0.3 is 14.8 Å². The van der Waals surface area contributed by atoms with E-state index in [2.05, 4.69) is 5.32 Å². The first-order valence-corrected chi connectivity index (χ1v) is 12.2. The fraction of sp³-hybridized carbons (Fsp3) is 0.240. The highest BCUT2D eigenvalue weighted by Crippen LogP contribution is 2.37. The maximum absolute atomic E-state index is 13.2. The molecule has 0 aliphatic carbocycles. The number of carbonyl (C=O) groups excluding carboxylic acids is 1. The third kappa shape index (κ3) is 6.04. The Morgan fingerprint density at radius 3 is 2.09 bits per heavy atom. The molecule has 0 heterocycles. The molecule has 0 saturated carbocycles. The Labute approximate surface area is 195 Å². The van der Waals surface area contributed by atoms with Gasteiger partial charge in [0.1, 0.15) is 0 Å². The molecule has 174 valence electrons. The van der Waals surface area contributed by atoms with Crippen molar-refractivity contribution < 1.29 is 22.7 Å². The van der Waals surface area contributed by atoms with Gasteiger partial charge in [-0.15, -0.1) is 0 Å². The second-order valence-corrected chi connectivity index (χ2v) is 9.55. The minimum Gasteiger partial charge on any atom is -0.493 e. The van der Waals surface area contributed by atoms with Crippen molar-refractivity contribution in [3.05, 3.63) is 89.0 Å². The van der Waals surface area contributed by atoms with E-state index in [1.54, 1.807) is 0 Å². The number of hydrogen-bond donors (Lipinski definition) is 1. The van der Waals surface area contributed by atoms with Crippen LogP contribution >= 0.6 is 0 Å². The summed E-state index contributed by atoms with van der Waals surface area (Å²) < 4.78 is 37.6. The number of ether oxygens (including phenoxy) is 2. The molecule has 3 aromatic rings. The van der Waals surface area contributed by atoms with Crippen LogP contribution in [0.2, 0.25) is 0 Å². The van der Waals surface area contributed by atoms with E-state index in [1.807, 2.05) is 61.5 Å². The number of methoxy groups -OCH3 is 2. The van der Waals surface area contributed by atoms with Crippen molar-refractivity contribution in [1.82, 2.24) is 5.32 Å². The van der Waals surface area contributed by atoms with Crippen LogP contribution in [0.3, 0.4) is 0 Å². The van der Waals surface area contributed by atoms with E-state index < -0.39 is 15.9 Å². The molecule has 8 heteroatoms. The zero-order valence-corrected chi connectivity index (χ0v) is 20.0. The summed E-state index contributed by atoms with van der Waals surface area (Å²) in [5.74, 6) is 0.229. The predicted octanol–water partition coefficient (Wildman–Crippen LogP) is 3.91. The Hall–Kier alpha value is -3.52. The van der Waals surface area contributed by atoms with Crippen LogP contribution in [0.1, 0.15) is 27.0 Å². The van der Waals surface area contributed by atoms with Crippen LogP contribution in [0, 0.1) is 6.92 Å². The minimum atomic E-state index is -3.73. The lowest BCUT2D eigenvalue weighted by molar-refractivity contribution is 0.0951. The van der Waals surface area contributed by atoms with Gasteiger partial charge in [-0.25, -0.2) is 8.42 Å². The monoisotopic (exact) mass is 468 g/mol. The summed E-state index contributed by atoms with van der Waals surface area (Å²) in [5.41, 5.74) is 3.21. The van der Waals surface area contributed by atoms with Gasteiger partial charge in [-0.2, -0.15) is 0 Å². The number of nitrogens with one attached hydrogen (secondary N) is 1. The summed E-state index contributed by atoms with van der Waals surface area (Å²) in [6.45, 7) is 2.35. The van der Waals surface area contributed by atoms with E-state index >= 15 is 0 Å². The summed E-state index contributed by atoms with van der Waals surface area (Å²) in [7, 11) is -0.810. The van der Waals surface area contributed by atoms with Crippen LogP contribution in [-0.2, 0) is 23.1 Å². The molecule has 1 amide bonds. The number of hydrogen-bond acceptors (Lipinski definition) is 5. The highest BCUT2D eigenvalue weighted by molar-refractivity contribution is 7.92. The van der Waals surface area contributed by atoms with E-state index in [4.69, 9.17) is 9.47 Å². The number of rotatable bonds is 9. The van der Waals surface area contributed by atoms with Gasteiger partial charge in [-0.05, 0) is 24.1 Å². The molecule has 0 atom stereocenters. The SMILES string of the molecule is COc1cc(C(=O)NCc2ccc(C)cc2)c(N(Cc2ccccc2)S(C)(=O)=O)cc1OC. The number of aryl methyl sites for hydroxylation is 1. The lowest BCUT2D eigenvalue weighted by atomic mass is 10.1. The molecular formula is C25H28N2O5S. The third-order valence-corrected chi connectivity index (χ3v) is 6.28. The molecule has 0 fully saturated rings. The maximum Gasteiger partial charge on any atom is 0.253 e. The van der Waals surface area contributed by atoms with Gasteiger partial charge in [0.05, 0.1) is 38.3 Å². The number of carbonyl (C=O) groups is 1. The zero-order valence-electron chi connectivity index (χ0n) is 19.2. The van der Waals surface area contributed by atoms with Crippen molar-refractivity contribution in [2.75, 3.05) is 24.8 Å². The molecule has 0 spiro atoms. The summed E-state index contributed by atoms with van der Waals surface area (Å²) in [6, 6.07) is 20.0. The Bertz CT molecular complexity index is 1210.